The number of rotatable bonds is 7. The summed E-state index contributed by atoms with van der Waals surface area (Å²) in [5.41, 5.74) is 2.58. The van der Waals surface area contributed by atoms with Gasteiger partial charge < -0.3 is 23.9 Å². The Labute approximate surface area is 182 Å². The molecular weight excluding hydrogens is 417 g/mol. The third-order valence-corrected chi connectivity index (χ3v) is 5.56. The number of aryl methyl sites for hydroxylation is 1. The van der Waals surface area contributed by atoms with Crippen molar-refractivity contribution in [2.75, 3.05) is 26.3 Å². The van der Waals surface area contributed by atoms with Crippen molar-refractivity contribution in [3.8, 4) is 11.1 Å². The monoisotopic (exact) mass is 439 g/mol. The van der Waals surface area contributed by atoms with Gasteiger partial charge in [-0.3, -0.25) is 4.79 Å². The molecule has 32 heavy (non-hydrogen) atoms. The molecule has 4 aromatic rings. The van der Waals surface area contributed by atoms with Gasteiger partial charge in [-0.05, 0) is 36.2 Å². The Morgan fingerprint density at radius 1 is 1.03 bits per heavy atom. The second kappa shape index (κ2) is 8.94. The molecule has 0 saturated carbocycles. The quantitative estimate of drug-likeness (QED) is 0.429. The first-order chi connectivity index (χ1) is 15.4. The van der Waals surface area contributed by atoms with Gasteiger partial charge in [0.05, 0.1) is 31.5 Å². The van der Waals surface area contributed by atoms with E-state index in [0.717, 1.165) is 16.5 Å². The molecule has 0 radical (unpaired) electrons. The molecule has 7 nitrogen and oxygen atoms in total. The highest BCUT2D eigenvalue weighted by atomic mass is 19.1. The molecule has 2 N–H and O–H groups in total. The summed E-state index contributed by atoms with van der Waals surface area (Å²) in [5.74, 6) is -0.727. The number of furan rings is 1. The zero-order valence-corrected chi connectivity index (χ0v) is 17.4. The molecule has 0 unspecified atom stereocenters. The van der Waals surface area contributed by atoms with Crippen LogP contribution in [0.2, 0.25) is 0 Å². The molecule has 1 amide bonds. The molecule has 2 aromatic heterocycles. The molecule has 0 bridgehead atoms. The van der Waals surface area contributed by atoms with Crippen molar-refractivity contribution < 1.29 is 28.2 Å². The molecule has 0 aliphatic rings. The van der Waals surface area contributed by atoms with Crippen molar-refractivity contribution in [2.24, 2.45) is 0 Å². The predicted octanol–water partition coefficient (Wildman–Crippen LogP) is 3.01. The van der Waals surface area contributed by atoms with Crippen LogP contribution in [0.4, 0.5) is 4.39 Å². The van der Waals surface area contributed by atoms with Crippen LogP contribution < -0.4 is 5.63 Å². The lowest BCUT2D eigenvalue weighted by molar-refractivity contribution is -0.131. The van der Waals surface area contributed by atoms with Crippen LogP contribution in [-0.4, -0.2) is 47.3 Å². The number of amides is 1. The Morgan fingerprint density at radius 2 is 1.72 bits per heavy atom. The van der Waals surface area contributed by atoms with Crippen molar-refractivity contribution in [1.82, 2.24) is 4.90 Å². The SMILES string of the molecule is Cc1c(CC(=O)N(CCO)CCO)c(=O)oc2cc3occ(-c4ccc(F)cc4)c3cc12. The van der Waals surface area contributed by atoms with E-state index in [1.807, 2.05) is 6.07 Å². The van der Waals surface area contributed by atoms with Gasteiger partial charge in [-0.25, -0.2) is 9.18 Å². The van der Waals surface area contributed by atoms with Crippen molar-refractivity contribution in [3.05, 3.63) is 70.0 Å². The van der Waals surface area contributed by atoms with Crippen LogP contribution >= 0.6 is 0 Å². The van der Waals surface area contributed by atoms with Crippen molar-refractivity contribution in [3.63, 3.8) is 0 Å². The van der Waals surface area contributed by atoms with Crippen molar-refractivity contribution in [1.29, 1.82) is 0 Å². The van der Waals surface area contributed by atoms with Crippen LogP contribution in [-0.2, 0) is 11.2 Å². The van der Waals surface area contributed by atoms with E-state index in [-0.39, 0.29) is 50.0 Å². The normalized spacial score (nSPS) is 11.4. The molecule has 166 valence electrons. The van der Waals surface area contributed by atoms with E-state index in [9.17, 15) is 14.0 Å². The highest BCUT2D eigenvalue weighted by molar-refractivity contribution is 6.02. The topological polar surface area (TPSA) is 104 Å². The summed E-state index contributed by atoms with van der Waals surface area (Å²) in [5, 5.41) is 19.7. The molecule has 0 fully saturated rings. The lowest BCUT2D eigenvalue weighted by Gasteiger charge is -2.20. The molecule has 0 aliphatic carbocycles. The maximum absolute atomic E-state index is 13.3. The van der Waals surface area contributed by atoms with E-state index in [4.69, 9.17) is 19.0 Å². The number of hydrogen-bond donors (Lipinski definition) is 2. The highest BCUT2D eigenvalue weighted by Crippen LogP contribution is 2.34. The number of aliphatic hydroxyl groups excluding tert-OH is 2. The van der Waals surface area contributed by atoms with Crippen molar-refractivity contribution in [2.45, 2.75) is 13.3 Å². The molecule has 0 atom stereocenters. The number of carbonyl (C=O) groups is 1. The summed E-state index contributed by atoms with van der Waals surface area (Å²) in [4.78, 5) is 26.6. The fourth-order valence-electron chi connectivity index (χ4n) is 3.83. The third-order valence-electron chi connectivity index (χ3n) is 5.56. The van der Waals surface area contributed by atoms with Crippen LogP contribution in [0.25, 0.3) is 33.1 Å². The van der Waals surface area contributed by atoms with Gasteiger partial charge in [0.2, 0.25) is 5.91 Å². The van der Waals surface area contributed by atoms with Gasteiger partial charge >= 0.3 is 5.63 Å². The fraction of sp³-hybridized carbons (Fsp3) is 0.250. The average molecular weight is 439 g/mol. The summed E-state index contributed by atoms with van der Waals surface area (Å²) >= 11 is 0. The zero-order chi connectivity index (χ0) is 22.8. The van der Waals surface area contributed by atoms with E-state index >= 15 is 0 Å². The van der Waals surface area contributed by atoms with Crippen LogP contribution in [0.5, 0.6) is 0 Å². The maximum atomic E-state index is 13.3. The van der Waals surface area contributed by atoms with E-state index in [0.29, 0.717) is 22.1 Å². The highest BCUT2D eigenvalue weighted by Gasteiger charge is 2.20. The third kappa shape index (κ3) is 4.02. The molecule has 0 saturated heterocycles. The van der Waals surface area contributed by atoms with Crippen LogP contribution in [0.15, 0.2) is 56.3 Å². The summed E-state index contributed by atoms with van der Waals surface area (Å²) < 4.78 is 24.4. The Morgan fingerprint density at radius 3 is 2.38 bits per heavy atom. The summed E-state index contributed by atoms with van der Waals surface area (Å²) in [6, 6.07) is 9.51. The Balaban J connectivity index is 1.79. The minimum atomic E-state index is -0.624. The number of hydrogen-bond acceptors (Lipinski definition) is 6. The predicted molar refractivity (Wildman–Crippen MR) is 117 cm³/mol. The Bertz CT molecular complexity index is 1330. The Kier molecular flexibility index (Phi) is 6.07. The second-order valence-corrected chi connectivity index (χ2v) is 7.50. The maximum Gasteiger partial charge on any atom is 0.340 e. The van der Waals surface area contributed by atoms with Gasteiger partial charge in [0.15, 0.2) is 0 Å². The van der Waals surface area contributed by atoms with Gasteiger partial charge in [0, 0.05) is 35.5 Å². The first kappa shape index (κ1) is 21.7. The lowest BCUT2D eigenvalue weighted by atomic mass is 9.99. The van der Waals surface area contributed by atoms with E-state index < -0.39 is 5.63 Å². The van der Waals surface area contributed by atoms with Gasteiger partial charge in [-0.1, -0.05) is 12.1 Å². The molecular formula is C24H22FNO6. The summed E-state index contributed by atoms with van der Waals surface area (Å²) in [6.07, 6.45) is 1.36. The Hall–Kier alpha value is -3.49. The van der Waals surface area contributed by atoms with Crippen LogP contribution in [0, 0.1) is 12.7 Å². The first-order valence-electron chi connectivity index (χ1n) is 10.2. The number of nitrogens with zero attached hydrogens (tertiary/aromatic N) is 1. The first-order valence-corrected chi connectivity index (χ1v) is 10.2. The number of halogens is 1. The van der Waals surface area contributed by atoms with E-state index in [1.165, 1.54) is 17.0 Å². The molecule has 0 spiro atoms. The largest absolute Gasteiger partial charge is 0.464 e. The van der Waals surface area contributed by atoms with E-state index in [1.54, 1.807) is 31.4 Å². The average Bonchev–Trinajstić information content (AvgIpc) is 3.18. The van der Waals surface area contributed by atoms with Gasteiger partial charge in [-0.2, -0.15) is 0 Å². The molecule has 8 heteroatoms. The van der Waals surface area contributed by atoms with Gasteiger partial charge in [-0.15, -0.1) is 0 Å². The molecule has 0 aliphatic heterocycles. The summed E-state index contributed by atoms with van der Waals surface area (Å²) in [6.45, 7) is 1.37. The lowest BCUT2D eigenvalue weighted by Crippen LogP contribution is -2.37. The minimum absolute atomic E-state index is 0.0635. The smallest absolute Gasteiger partial charge is 0.340 e. The standard InChI is InChI=1S/C24H22FNO6/c1-14-17-10-19-20(15-2-4-16(25)5-3-15)13-31-21(19)12-22(17)32-24(30)18(14)11-23(29)26(6-8-27)7-9-28/h2-5,10,12-13,27-28H,6-9,11H2,1H3. The van der Waals surface area contributed by atoms with Crippen LogP contribution in [0.3, 0.4) is 0 Å². The number of aliphatic hydroxyl groups is 2. The minimum Gasteiger partial charge on any atom is -0.464 e. The van der Waals surface area contributed by atoms with Gasteiger partial charge in [0.1, 0.15) is 17.0 Å². The number of fused-ring (bicyclic) bond motifs is 2. The number of carbonyl (C=O) groups excluding carboxylic acids is 1. The molecule has 2 heterocycles. The second-order valence-electron chi connectivity index (χ2n) is 7.50. The van der Waals surface area contributed by atoms with Crippen molar-refractivity contribution >= 4 is 27.8 Å². The molecule has 4 rings (SSSR count). The number of benzene rings is 2. The summed E-state index contributed by atoms with van der Waals surface area (Å²) in [7, 11) is 0. The molecule has 2 aromatic carbocycles. The fourth-order valence-corrected chi connectivity index (χ4v) is 3.83. The van der Waals surface area contributed by atoms with E-state index in [2.05, 4.69) is 0 Å². The van der Waals surface area contributed by atoms with Gasteiger partial charge in [0.25, 0.3) is 0 Å². The zero-order valence-electron chi connectivity index (χ0n) is 17.4. The van der Waals surface area contributed by atoms with Crippen LogP contribution in [0.1, 0.15) is 11.1 Å².